The number of methoxy groups -OCH3 is 2. The van der Waals surface area contributed by atoms with E-state index >= 15 is 0 Å². The van der Waals surface area contributed by atoms with Gasteiger partial charge in [-0.25, -0.2) is 0 Å². The molecule has 1 heterocycles. The minimum absolute atomic E-state index is 0.0351. The molecule has 2 rings (SSSR count). The summed E-state index contributed by atoms with van der Waals surface area (Å²) >= 11 is 6.54. The van der Waals surface area contributed by atoms with Gasteiger partial charge >= 0.3 is 0 Å². The van der Waals surface area contributed by atoms with E-state index in [9.17, 15) is 9.59 Å². The van der Waals surface area contributed by atoms with Crippen molar-refractivity contribution >= 4 is 40.1 Å². The van der Waals surface area contributed by atoms with Crippen LogP contribution >= 0.6 is 24.0 Å². The number of carbonyl (C=O) groups is 2. The molecule has 142 valence electrons. The second-order valence-electron chi connectivity index (χ2n) is 5.95. The van der Waals surface area contributed by atoms with Gasteiger partial charge in [-0.1, -0.05) is 24.0 Å². The van der Waals surface area contributed by atoms with Crippen LogP contribution < -0.4 is 14.8 Å². The molecular formula is C18H24N2O4S2. The summed E-state index contributed by atoms with van der Waals surface area (Å²) in [6.45, 7) is 2.49. The van der Waals surface area contributed by atoms with Crippen molar-refractivity contribution in [3.8, 4) is 11.5 Å². The molecule has 0 radical (unpaired) electrons. The summed E-state index contributed by atoms with van der Waals surface area (Å²) < 4.78 is 11.2. The van der Waals surface area contributed by atoms with Crippen LogP contribution in [0.5, 0.6) is 11.5 Å². The van der Waals surface area contributed by atoms with Crippen LogP contribution in [0.25, 0.3) is 0 Å². The lowest BCUT2D eigenvalue weighted by Crippen LogP contribution is -2.30. The third-order valence-corrected chi connectivity index (χ3v) is 5.59. The molecule has 1 aliphatic heterocycles. The SMILES string of the molecule is COc1ccc(OC)c([C@H](C)NC(=O)CCCCN2C(=O)CSC2=S)c1. The molecule has 0 spiro atoms. The number of hydrogen-bond acceptors (Lipinski definition) is 6. The Morgan fingerprint density at radius 2 is 2.12 bits per heavy atom. The standard InChI is InChI=1S/C18H24N2O4S2/c1-12(14-10-13(23-2)7-8-15(14)24-3)19-16(21)6-4-5-9-20-17(22)11-26-18(20)25/h7-8,10,12H,4-6,9,11H2,1-3H3,(H,19,21)/t12-/m0/s1. The number of rotatable bonds is 9. The second kappa shape index (κ2) is 9.78. The van der Waals surface area contributed by atoms with Crippen LogP contribution in [0.4, 0.5) is 0 Å². The summed E-state index contributed by atoms with van der Waals surface area (Å²) in [4.78, 5) is 25.5. The molecule has 1 aliphatic rings. The highest BCUT2D eigenvalue weighted by atomic mass is 32.2. The maximum Gasteiger partial charge on any atom is 0.238 e. The summed E-state index contributed by atoms with van der Waals surface area (Å²) in [6.07, 6.45) is 1.85. The monoisotopic (exact) mass is 396 g/mol. The van der Waals surface area contributed by atoms with Crippen molar-refractivity contribution in [2.75, 3.05) is 26.5 Å². The fourth-order valence-corrected chi connectivity index (χ4v) is 3.84. The summed E-state index contributed by atoms with van der Waals surface area (Å²) in [5.74, 6) is 1.87. The number of nitrogens with zero attached hydrogens (tertiary/aromatic N) is 1. The average molecular weight is 397 g/mol. The Kier molecular flexibility index (Phi) is 7.71. The van der Waals surface area contributed by atoms with Crippen LogP contribution in [-0.4, -0.2) is 47.6 Å². The van der Waals surface area contributed by atoms with E-state index in [4.69, 9.17) is 21.7 Å². The first-order valence-corrected chi connectivity index (χ1v) is 9.84. The van der Waals surface area contributed by atoms with Gasteiger partial charge < -0.3 is 14.8 Å². The van der Waals surface area contributed by atoms with Crippen molar-refractivity contribution in [3.63, 3.8) is 0 Å². The molecule has 1 atom stereocenters. The number of carbonyl (C=O) groups excluding carboxylic acids is 2. The van der Waals surface area contributed by atoms with Crippen molar-refractivity contribution in [3.05, 3.63) is 23.8 Å². The van der Waals surface area contributed by atoms with Gasteiger partial charge in [-0.3, -0.25) is 14.5 Å². The zero-order chi connectivity index (χ0) is 19.1. The first kappa shape index (κ1) is 20.5. The average Bonchev–Trinajstić information content (AvgIpc) is 2.96. The zero-order valence-electron chi connectivity index (χ0n) is 15.2. The van der Waals surface area contributed by atoms with E-state index in [2.05, 4.69) is 5.32 Å². The predicted octanol–water partition coefficient (Wildman–Crippen LogP) is 2.91. The lowest BCUT2D eigenvalue weighted by Gasteiger charge is -2.18. The molecule has 0 saturated carbocycles. The molecule has 1 aromatic carbocycles. The van der Waals surface area contributed by atoms with Crippen LogP contribution in [0.3, 0.4) is 0 Å². The zero-order valence-corrected chi connectivity index (χ0v) is 16.9. The van der Waals surface area contributed by atoms with E-state index in [0.717, 1.165) is 12.0 Å². The van der Waals surface area contributed by atoms with Crippen molar-refractivity contribution in [2.24, 2.45) is 0 Å². The minimum Gasteiger partial charge on any atom is -0.497 e. The number of amides is 2. The van der Waals surface area contributed by atoms with Crippen LogP contribution in [0.2, 0.25) is 0 Å². The van der Waals surface area contributed by atoms with Crippen molar-refractivity contribution in [1.82, 2.24) is 10.2 Å². The highest BCUT2D eigenvalue weighted by molar-refractivity contribution is 8.23. The normalized spacial score (nSPS) is 15.1. The Bertz CT molecular complexity index is 665. The molecule has 2 amide bonds. The third kappa shape index (κ3) is 5.35. The van der Waals surface area contributed by atoms with Crippen LogP contribution in [0.15, 0.2) is 18.2 Å². The Balaban J connectivity index is 1.80. The second-order valence-corrected chi connectivity index (χ2v) is 7.56. The van der Waals surface area contributed by atoms with E-state index in [1.807, 2.05) is 25.1 Å². The van der Waals surface area contributed by atoms with Crippen LogP contribution in [0, 0.1) is 0 Å². The fourth-order valence-electron chi connectivity index (χ4n) is 2.72. The lowest BCUT2D eigenvalue weighted by molar-refractivity contribution is -0.124. The van der Waals surface area contributed by atoms with Gasteiger partial charge in [0.15, 0.2) is 0 Å². The Morgan fingerprint density at radius 1 is 1.35 bits per heavy atom. The smallest absolute Gasteiger partial charge is 0.238 e. The highest BCUT2D eigenvalue weighted by Gasteiger charge is 2.25. The van der Waals surface area contributed by atoms with E-state index < -0.39 is 0 Å². The van der Waals surface area contributed by atoms with Gasteiger partial charge in [0, 0.05) is 18.5 Å². The summed E-state index contributed by atoms with van der Waals surface area (Å²) in [7, 11) is 3.20. The first-order valence-electron chi connectivity index (χ1n) is 8.44. The highest BCUT2D eigenvalue weighted by Crippen LogP contribution is 2.29. The number of ether oxygens (including phenoxy) is 2. The van der Waals surface area contributed by atoms with Gasteiger partial charge in [-0.15, -0.1) is 0 Å². The number of unbranched alkanes of at least 4 members (excludes halogenated alkanes) is 1. The summed E-state index contributed by atoms with van der Waals surface area (Å²) in [6, 6.07) is 5.31. The molecule has 0 bridgehead atoms. The number of thiocarbonyl (C=S) groups is 1. The largest absolute Gasteiger partial charge is 0.497 e. The van der Waals surface area contributed by atoms with Gasteiger partial charge in [-0.05, 0) is 38.0 Å². The van der Waals surface area contributed by atoms with E-state index in [-0.39, 0.29) is 17.9 Å². The van der Waals surface area contributed by atoms with Gasteiger partial charge in [-0.2, -0.15) is 0 Å². The number of thioether (sulfide) groups is 1. The van der Waals surface area contributed by atoms with Crippen molar-refractivity contribution in [2.45, 2.75) is 32.2 Å². The molecule has 0 aliphatic carbocycles. The summed E-state index contributed by atoms with van der Waals surface area (Å²) in [5, 5.41) is 2.98. The van der Waals surface area contributed by atoms with Gasteiger partial charge in [0.2, 0.25) is 11.8 Å². The van der Waals surface area contributed by atoms with Crippen molar-refractivity contribution < 1.29 is 19.1 Å². The minimum atomic E-state index is -0.198. The first-order chi connectivity index (χ1) is 12.5. The number of benzene rings is 1. The number of hydrogen-bond donors (Lipinski definition) is 1. The quantitative estimate of drug-likeness (QED) is 0.511. The molecule has 8 heteroatoms. The maximum absolute atomic E-state index is 12.2. The van der Waals surface area contributed by atoms with Crippen LogP contribution in [0.1, 0.15) is 37.8 Å². The van der Waals surface area contributed by atoms with Gasteiger partial charge in [0.25, 0.3) is 0 Å². The topological polar surface area (TPSA) is 67.9 Å². The third-order valence-electron chi connectivity index (χ3n) is 4.16. The van der Waals surface area contributed by atoms with Crippen molar-refractivity contribution in [1.29, 1.82) is 0 Å². The predicted molar refractivity (Wildman–Crippen MR) is 107 cm³/mol. The Labute approximate surface area is 163 Å². The fraction of sp³-hybridized carbons (Fsp3) is 0.500. The van der Waals surface area contributed by atoms with E-state index in [1.54, 1.807) is 19.1 Å². The Morgan fingerprint density at radius 3 is 2.73 bits per heavy atom. The molecule has 1 aromatic rings. The molecule has 0 aromatic heterocycles. The number of nitrogens with one attached hydrogen (secondary N) is 1. The van der Waals surface area contributed by atoms with E-state index in [1.165, 1.54) is 11.8 Å². The molecular weight excluding hydrogens is 372 g/mol. The molecule has 1 fully saturated rings. The molecule has 1 saturated heterocycles. The van der Waals surface area contributed by atoms with Crippen LogP contribution in [-0.2, 0) is 9.59 Å². The van der Waals surface area contributed by atoms with E-state index in [0.29, 0.717) is 41.0 Å². The lowest BCUT2D eigenvalue weighted by atomic mass is 10.1. The molecule has 0 unspecified atom stereocenters. The maximum atomic E-state index is 12.2. The van der Waals surface area contributed by atoms with Gasteiger partial charge in [0.1, 0.15) is 15.8 Å². The van der Waals surface area contributed by atoms with Gasteiger partial charge in [0.05, 0.1) is 26.0 Å². The Hall–Kier alpha value is -1.80. The summed E-state index contributed by atoms with van der Waals surface area (Å²) in [5.41, 5.74) is 0.866. The molecule has 6 nitrogen and oxygen atoms in total. The molecule has 1 N–H and O–H groups in total. The molecule has 26 heavy (non-hydrogen) atoms.